The van der Waals surface area contributed by atoms with E-state index in [1.54, 1.807) is 38.3 Å². The van der Waals surface area contributed by atoms with E-state index < -0.39 is 10.0 Å². The third-order valence-electron chi connectivity index (χ3n) is 4.24. The van der Waals surface area contributed by atoms with E-state index in [1.165, 1.54) is 4.31 Å². The van der Waals surface area contributed by atoms with Crippen molar-refractivity contribution in [2.45, 2.75) is 38.3 Å². The molecule has 0 aliphatic heterocycles. The first-order chi connectivity index (χ1) is 13.2. The molecular formula is C21H28N2O4S. The molecule has 2 aromatic rings. The molecule has 0 bridgehead atoms. The summed E-state index contributed by atoms with van der Waals surface area (Å²) >= 11 is 0. The zero-order valence-corrected chi connectivity index (χ0v) is 17.6. The van der Waals surface area contributed by atoms with E-state index in [-0.39, 0.29) is 29.9 Å². The number of hydrogen-bond acceptors (Lipinski definition) is 4. The van der Waals surface area contributed by atoms with Gasteiger partial charge in [-0.2, -0.15) is 4.31 Å². The Labute approximate surface area is 167 Å². The molecule has 1 N–H and O–H groups in total. The standard InChI is InChI=1S/C21H28N2O4S/c1-16-8-10-20(11-9-16)28(25,26)23(13-19-7-5-6-17(2)12-19)14-21(24)22-18(3)15-27-4/h5-12,18H,13-15H2,1-4H3,(H,22,24)/t18-/m0/s1. The van der Waals surface area contributed by atoms with Gasteiger partial charge in [0, 0.05) is 19.7 Å². The summed E-state index contributed by atoms with van der Waals surface area (Å²) in [6.07, 6.45) is 0. The summed E-state index contributed by atoms with van der Waals surface area (Å²) in [5, 5.41) is 2.77. The number of hydrogen-bond donors (Lipinski definition) is 1. The number of nitrogens with zero attached hydrogens (tertiary/aromatic N) is 1. The van der Waals surface area contributed by atoms with E-state index in [4.69, 9.17) is 4.74 Å². The largest absolute Gasteiger partial charge is 0.383 e. The Bertz CT molecular complexity index is 895. The van der Waals surface area contributed by atoms with Crippen LogP contribution in [0, 0.1) is 13.8 Å². The quantitative estimate of drug-likeness (QED) is 0.697. The first-order valence-corrected chi connectivity index (χ1v) is 10.6. The molecule has 7 heteroatoms. The van der Waals surface area contributed by atoms with E-state index in [0.717, 1.165) is 16.7 Å². The van der Waals surface area contributed by atoms with Crippen LogP contribution in [-0.4, -0.2) is 44.9 Å². The number of rotatable bonds is 9. The maximum atomic E-state index is 13.2. The Hall–Kier alpha value is -2.22. The van der Waals surface area contributed by atoms with Gasteiger partial charge in [0.05, 0.1) is 18.0 Å². The highest BCUT2D eigenvalue weighted by molar-refractivity contribution is 7.89. The predicted octanol–water partition coefficient (Wildman–Crippen LogP) is 2.65. The van der Waals surface area contributed by atoms with Crippen molar-refractivity contribution in [1.29, 1.82) is 0 Å². The van der Waals surface area contributed by atoms with Gasteiger partial charge in [-0.1, -0.05) is 47.5 Å². The van der Waals surface area contributed by atoms with E-state index in [9.17, 15) is 13.2 Å². The molecule has 2 aromatic carbocycles. The molecule has 0 saturated carbocycles. The van der Waals surface area contributed by atoms with E-state index >= 15 is 0 Å². The zero-order valence-electron chi connectivity index (χ0n) is 16.8. The minimum atomic E-state index is -3.83. The average Bonchev–Trinajstić information content (AvgIpc) is 2.61. The third kappa shape index (κ3) is 6.15. The molecule has 0 aliphatic rings. The number of carbonyl (C=O) groups excluding carboxylic acids is 1. The van der Waals surface area contributed by atoms with Gasteiger partial charge in [0.1, 0.15) is 0 Å². The number of amides is 1. The van der Waals surface area contributed by atoms with E-state index in [1.807, 2.05) is 38.1 Å². The molecule has 0 fully saturated rings. The molecule has 0 aromatic heterocycles. The number of benzene rings is 2. The third-order valence-corrected chi connectivity index (χ3v) is 6.05. The van der Waals surface area contributed by atoms with Crippen LogP contribution in [0.5, 0.6) is 0 Å². The van der Waals surface area contributed by atoms with Crippen molar-refractivity contribution in [1.82, 2.24) is 9.62 Å². The van der Waals surface area contributed by atoms with E-state index in [0.29, 0.717) is 6.61 Å². The molecule has 1 atom stereocenters. The van der Waals surface area contributed by atoms with Crippen LogP contribution in [0.2, 0.25) is 0 Å². The monoisotopic (exact) mass is 404 g/mol. The number of ether oxygens (including phenoxy) is 1. The second-order valence-corrected chi connectivity index (χ2v) is 8.94. The predicted molar refractivity (Wildman–Crippen MR) is 109 cm³/mol. The second-order valence-electron chi connectivity index (χ2n) is 7.00. The summed E-state index contributed by atoms with van der Waals surface area (Å²) < 4.78 is 32.6. The van der Waals surface area contributed by atoms with Gasteiger partial charge in [0.15, 0.2) is 0 Å². The molecule has 1 amide bonds. The Balaban J connectivity index is 2.29. The lowest BCUT2D eigenvalue weighted by Gasteiger charge is -2.23. The van der Waals surface area contributed by atoms with Gasteiger partial charge < -0.3 is 10.1 Å². The summed E-state index contributed by atoms with van der Waals surface area (Å²) in [7, 11) is -2.28. The van der Waals surface area contributed by atoms with Gasteiger partial charge in [-0.15, -0.1) is 0 Å². The van der Waals surface area contributed by atoms with Crippen LogP contribution in [0.25, 0.3) is 0 Å². The molecule has 0 spiro atoms. The van der Waals surface area contributed by atoms with Crippen molar-refractivity contribution < 1.29 is 17.9 Å². The fourth-order valence-electron chi connectivity index (χ4n) is 2.87. The maximum absolute atomic E-state index is 13.2. The van der Waals surface area contributed by atoms with Gasteiger partial charge in [-0.05, 0) is 38.5 Å². The highest BCUT2D eigenvalue weighted by atomic mass is 32.2. The number of carbonyl (C=O) groups is 1. The van der Waals surface area contributed by atoms with Crippen molar-refractivity contribution in [3.8, 4) is 0 Å². The number of nitrogens with one attached hydrogen (secondary N) is 1. The van der Waals surface area contributed by atoms with Crippen molar-refractivity contribution in [2.75, 3.05) is 20.3 Å². The summed E-state index contributed by atoms with van der Waals surface area (Å²) in [4.78, 5) is 12.6. The molecule has 2 rings (SSSR count). The van der Waals surface area contributed by atoms with Crippen molar-refractivity contribution >= 4 is 15.9 Å². The van der Waals surface area contributed by atoms with Gasteiger partial charge in [0.25, 0.3) is 0 Å². The van der Waals surface area contributed by atoms with Crippen LogP contribution in [0.1, 0.15) is 23.6 Å². The average molecular weight is 405 g/mol. The van der Waals surface area contributed by atoms with Crippen LogP contribution < -0.4 is 5.32 Å². The second kappa shape index (κ2) is 9.82. The van der Waals surface area contributed by atoms with Gasteiger partial charge in [-0.25, -0.2) is 8.42 Å². The Morgan fingerprint density at radius 2 is 1.79 bits per heavy atom. The summed E-state index contributed by atoms with van der Waals surface area (Å²) in [6, 6.07) is 14.0. The lowest BCUT2D eigenvalue weighted by molar-refractivity contribution is -0.122. The van der Waals surface area contributed by atoms with Crippen LogP contribution in [-0.2, 0) is 26.1 Å². The molecule has 0 unspecified atom stereocenters. The molecule has 0 aliphatic carbocycles. The lowest BCUT2D eigenvalue weighted by atomic mass is 10.1. The number of methoxy groups -OCH3 is 1. The van der Waals surface area contributed by atoms with Crippen LogP contribution in [0.3, 0.4) is 0 Å². The fourth-order valence-corrected chi connectivity index (χ4v) is 4.26. The van der Waals surface area contributed by atoms with Crippen molar-refractivity contribution in [3.05, 3.63) is 65.2 Å². The highest BCUT2D eigenvalue weighted by Gasteiger charge is 2.27. The topological polar surface area (TPSA) is 75.7 Å². The van der Waals surface area contributed by atoms with Gasteiger partial charge >= 0.3 is 0 Å². The van der Waals surface area contributed by atoms with Crippen LogP contribution in [0.15, 0.2) is 53.4 Å². The summed E-state index contributed by atoms with van der Waals surface area (Å²) in [5.41, 5.74) is 2.83. The Morgan fingerprint density at radius 1 is 1.11 bits per heavy atom. The maximum Gasteiger partial charge on any atom is 0.243 e. The van der Waals surface area contributed by atoms with Crippen LogP contribution >= 0.6 is 0 Å². The van der Waals surface area contributed by atoms with Crippen LogP contribution in [0.4, 0.5) is 0 Å². The normalized spacial score (nSPS) is 12.8. The zero-order chi connectivity index (χ0) is 20.7. The molecule has 0 heterocycles. The van der Waals surface area contributed by atoms with Crippen molar-refractivity contribution in [2.24, 2.45) is 0 Å². The SMILES string of the molecule is COC[C@H](C)NC(=O)CN(Cc1cccc(C)c1)S(=O)(=O)c1ccc(C)cc1. The van der Waals surface area contributed by atoms with Crippen molar-refractivity contribution in [3.63, 3.8) is 0 Å². The molecule has 152 valence electrons. The Morgan fingerprint density at radius 3 is 2.39 bits per heavy atom. The minimum absolute atomic E-state index is 0.115. The molecule has 0 saturated heterocycles. The number of sulfonamides is 1. The van der Waals surface area contributed by atoms with Gasteiger partial charge in [0.2, 0.25) is 15.9 Å². The molecular weight excluding hydrogens is 376 g/mol. The summed E-state index contributed by atoms with van der Waals surface area (Å²) in [6.45, 7) is 5.85. The molecule has 0 radical (unpaired) electrons. The molecule has 6 nitrogen and oxygen atoms in total. The fraction of sp³-hybridized carbons (Fsp3) is 0.381. The number of aryl methyl sites for hydroxylation is 2. The molecule has 28 heavy (non-hydrogen) atoms. The highest BCUT2D eigenvalue weighted by Crippen LogP contribution is 2.19. The lowest BCUT2D eigenvalue weighted by Crippen LogP contribution is -2.44. The Kier molecular flexibility index (Phi) is 7.74. The smallest absolute Gasteiger partial charge is 0.243 e. The first-order valence-electron chi connectivity index (χ1n) is 9.13. The first kappa shape index (κ1) is 22.1. The van der Waals surface area contributed by atoms with E-state index in [2.05, 4.69) is 5.32 Å². The van der Waals surface area contributed by atoms with Gasteiger partial charge in [-0.3, -0.25) is 4.79 Å². The minimum Gasteiger partial charge on any atom is -0.383 e. The summed E-state index contributed by atoms with van der Waals surface area (Å²) in [5.74, 6) is -0.368.